The van der Waals surface area contributed by atoms with E-state index in [1.165, 1.54) is 16.7 Å². The van der Waals surface area contributed by atoms with E-state index < -0.39 is 0 Å². The summed E-state index contributed by atoms with van der Waals surface area (Å²) in [6.07, 6.45) is 1.86. The number of benzene rings is 2. The van der Waals surface area contributed by atoms with Crippen LogP contribution >= 0.6 is 22.6 Å². The SMILES string of the molecule is Cc1cccc(C2(CNC(=O)c3ccc(C)cc3I)CCOCC2)c1. The Morgan fingerprint density at radius 2 is 1.84 bits per heavy atom. The maximum absolute atomic E-state index is 12.7. The van der Waals surface area contributed by atoms with Crippen LogP contribution in [0.2, 0.25) is 0 Å². The van der Waals surface area contributed by atoms with Crippen molar-refractivity contribution < 1.29 is 9.53 Å². The molecule has 4 heteroatoms. The molecule has 3 nitrogen and oxygen atoms in total. The monoisotopic (exact) mass is 449 g/mol. The Hall–Kier alpha value is -1.40. The molecule has 2 aromatic rings. The molecule has 1 heterocycles. The van der Waals surface area contributed by atoms with Crippen molar-refractivity contribution in [1.29, 1.82) is 0 Å². The minimum Gasteiger partial charge on any atom is -0.381 e. The summed E-state index contributed by atoms with van der Waals surface area (Å²) in [5.74, 6) is 0.00270. The quantitative estimate of drug-likeness (QED) is 0.704. The fraction of sp³-hybridized carbons (Fsp3) is 0.381. The van der Waals surface area contributed by atoms with Gasteiger partial charge in [-0.2, -0.15) is 0 Å². The highest BCUT2D eigenvalue weighted by atomic mass is 127. The molecule has 0 aliphatic carbocycles. The first-order chi connectivity index (χ1) is 12.0. The van der Waals surface area contributed by atoms with Gasteiger partial charge in [0, 0.05) is 28.7 Å². The number of nitrogens with one attached hydrogen (secondary N) is 1. The normalized spacial score (nSPS) is 16.4. The van der Waals surface area contributed by atoms with Crippen molar-refractivity contribution >= 4 is 28.5 Å². The van der Waals surface area contributed by atoms with Crippen LogP contribution in [0.5, 0.6) is 0 Å². The number of hydrogen-bond acceptors (Lipinski definition) is 2. The highest BCUT2D eigenvalue weighted by Crippen LogP contribution is 2.34. The largest absolute Gasteiger partial charge is 0.381 e. The number of halogens is 1. The second-order valence-electron chi connectivity index (χ2n) is 6.93. The van der Waals surface area contributed by atoms with Crippen LogP contribution in [0, 0.1) is 17.4 Å². The second-order valence-corrected chi connectivity index (χ2v) is 8.09. The Morgan fingerprint density at radius 1 is 1.12 bits per heavy atom. The molecule has 0 spiro atoms. The van der Waals surface area contributed by atoms with Crippen LogP contribution in [-0.2, 0) is 10.2 Å². The van der Waals surface area contributed by atoms with Crippen LogP contribution in [0.3, 0.4) is 0 Å². The second kappa shape index (κ2) is 7.87. The van der Waals surface area contributed by atoms with Gasteiger partial charge in [-0.25, -0.2) is 0 Å². The van der Waals surface area contributed by atoms with Gasteiger partial charge in [-0.05, 0) is 67.0 Å². The van der Waals surface area contributed by atoms with Gasteiger partial charge in [-0.3, -0.25) is 4.79 Å². The molecule has 1 aliphatic heterocycles. The molecule has 1 saturated heterocycles. The van der Waals surface area contributed by atoms with Crippen molar-refractivity contribution in [3.05, 3.63) is 68.3 Å². The summed E-state index contributed by atoms with van der Waals surface area (Å²) in [5, 5.41) is 3.19. The molecular weight excluding hydrogens is 425 g/mol. The van der Waals surface area contributed by atoms with Crippen LogP contribution in [0.1, 0.15) is 39.9 Å². The van der Waals surface area contributed by atoms with E-state index in [4.69, 9.17) is 4.74 Å². The van der Waals surface area contributed by atoms with Crippen LogP contribution in [0.4, 0.5) is 0 Å². The van der Waals surface area contributed by atoms with Gasteiger partial charge in [-0.1, -0.05) is 41.5 Å². The predicted molar refractivity (Wildman–Crippen MR) is 109 cm³/mol. The van der Waals surface area contributed by atoms with Crippen molar-refractivity contribution in [2.24, 2.45) is 0 Å². The number of carbonyl (C=O) groups is 1. The Labute approximate surface area is 163 Å². The van der Waals surface area contributed by atoms with E-state index in [-0.39, 0.29) is 11.3 Å². The molecule has 1 amide bonds. The van der Waals surface area contributed by atoms with E-state index >= 15 is 0 Å². The minimum atomic E-state index is -0.0456. The summed E-state index contributed by atoms with van der Waals surface area (Å²) in [7, 11) is 0. The number of aryl methyl sites for hydroxylation is 2. The van der Waals surface area contributed by atoms with Crippen LogP contribution in [0.15, 0.2) is 42.5 Å². The van der Waals surface area contributed by atoms with E-state index in [0.717, 1.165) is 35.2 Å². The van der Waals surface area contributed by atoms with Gasteiger partial charge in [0.15, 0.2) is 0 Å². The number of amides is 1. The first-order valence-corrected chi connectivity index (χ1v) is 9.77. The Kier molecular flexibility index (Phi) is 5.79. The maximum atomic E-state index is 12.7. The fourth-order valence-electron chi connectivity index (χ4n) is 3.45. The summed E-state index contributed by atoms with van der Waals surface area (Å²) < 4.78 is 6.58. The standard InChI is InChI=1S/C21H24INO2/c1-15-4-3-5-17(12-15)21(8-10-25-11-9-21)14-23-20(24)18-7-6-16(2)13-19(18)22/h3-7,12-13H,8-11,14H2,1-2H3,(H,23,24). The average molecular weight is 449 g/mol. The van der Waals surface area contributed by atoms with Crippen molar-refractivity contribution in [2.75, 3.05) is 19.8 Å². The van der Waals surface area contributed by atoms with E-state index in [1.54, 1.807) is 0 Å². The molecule has 1 aliphatic rings. The highest BCUT2D eigenvalue weighted by molar-refractivity contribution is 14.1. The third-order valence-electron chi connectivity index (χ3n) is 5.04. The Morgan fingerprint density at radius 3 is 2.52 bits per heavy atom. The van der Waals surface area contributed by atoms with E-state index in [2.05, 4.69) is 59.1 Å². The first kappa shape index (κ1) is 18.4. The minimum absolute atomic E-state index is 0.00270. The van der Waals surface area contributed by atoms with Crippen LogP contribution in [0.25, 0.3) is 0 Å². The molecule has 2 aromatic carbocycles. The van der Waals surface area contributed by atoms with E-state index in [0.29, 0.717) is 6.54 Å². The lowest BCUT2D eigenvalue weighted by molar-refractivity contribution is 0.0487. The lowest BCUT2D eigenvalue weighted by Gasteiger charge is -2.38. The van der Waals surface area contributed by atoms with Gasteiger partial charge >= 0.3 is 0 Å². The molecule has 1 N–H and O–H groups in total. The average Bonchev–Trinajstić information content (AvgIpc) is 2.60. The zero-order valence-corrected chi connectivity index (χ0v) is 16.9. The lowest BCUT2D eigenvalue weighted by Crippen LogP contribution is -2.44. The third-order valence-corrected chi connectivity index (χ3v) is 5.93. The van der Waals surface area contributed by atoms with Gasteiger partial charge in [0.1, 0.15) is 0 Å². The van der Waals surface area contributed by atoms with Crippen molar-refractivity contribution in [3.8, 4) is 0 Å². The predicted octanol–water partition coefficient (Wildman–Crippen LogP) is 4.39. The number of ether oxygens (including phenoxy) is 1. The Balaban J connectivity index is 1.80. The van der Waals surface area contributed by atoms with E-state index in [9.17, 15) is 4.79 Å². The van der Waals surface area contributed by atoms with Gasteiger partial charge < -0.3 is 10.1 Å². The summed E-state index contributed by atoms with van der Waals surface area (Å²) in [5.41, 5.74) is 4.42. The maximum Gasteiger partial charge on any atom is 0.252 e. The molecule has 25 heavy (non-hydrogen) atoms. The molecule has 0 unspecified atom stereocenters. The molecule has 0 atom stereocenters. The fourth-order valence-corrected chi connectivity index (χ4v) is 4.37. The van der Waals surface area contributed by atoms with Crippen molar-refractivity contribution in [2.45, 2.75) is 32.1 Å². The van der Waals surface area contributed by atoms with Gasteiger partial charge in [0.2, 0.25) is 0 Å². The summed E-state index contributed by atoms with van der Waals surface area (Å²) in [6, 6.07) is 14.6. The van der Waals surface area contributed by atoms with Crippen LogP contribution < -0.4 is 5.32 Å². The van der Waals surface area contributed by atoms with Crippen LogP contribution in [-0.4, -0.2) is 25.7 Å². The first-order valence-electron chi connectivity index (χ1n) is 8.69. The van der Waals surface area contributed by atoms with Crippen molar-refractivity contribution in [1.82, 2.24) is 5.32 Å². The number of hydrogen-bond donors (Lipinski definition) is 1. The molecule has 0 aromatic heterocycles. The summed E-state index contributed by atoms with van der Waals surface area (Å²) in [6.45, 7) is 6.28. The zero-order chi connectivity index (χ0) is 17.9. The smallest absolute Gasteiger partial charge is 0.252 e. The number of rotatable bonds is 4. The lowest BCUT2D eigenvalue weighted by atomic mass is 9.73. The molecule has 0 saturated carbocycles. The highest BCUT2D eigenvalue weighted by Gasteiger charge is 2.35. The van der Waals surface area contributed by atoms with Gasteiger partial charge in [-0.15, -0.1) is 0 Å². The molecule has 3 rings (SSSR count). The molecule has 132 valence electrons. The Bertz CT molecular complexity index is 766. The van der Waals surface area contributed by atoms with Crippen molar-refractivity contribution in [3.63, 3.8) is 0 Å². The number of carbonyl (C=O) groups excluding carboxylic acids is 1. The topological polar surface area (TPSA) is 38.3 Å². The zero-order valence-electron chi connectivity index (χ0n) is 14.8. The van der Waals surface area contributed by atoms with Gasteiger partial charge in [0.05, 0.1) is 5.56 Å². The summed E-state index contributed by atoms with van der Waals surface area (Å²) >= 11 is 2.23. The molecular formula is C21H24INO2. The van der Waals surface area contributed by atoms with E-state index in [1.807, 2.05) is 25.1 Å². The third kappa shape index (κ3) is 4.23. The molecule has 0 bridgehead atoms. The van der Waals surface area contributed by atoms with Gasteiger partial charge in [0.25, 0.3) is 5.91 Å². The summed E-state index contributed by atoms with van der Waals surface area (Å²) in [4.78, 5) is 12.7. The molecule has 1 fully saturated rings. The molecule has 0 radical (unpaired) electrons.